The molecule has 24 heavy (non-hydrogen) atoms. The molecule has 0 unspecified atom stereocenters. The summed E-state index contributed by atoms with van der Waals surface area (Å²) in [6.45, 7) is 0. The smallest absolute Gasteiger partial charge is 0.211 e. The molecular formula is C18H12FNO4. The summed E-state index contributed by atoms with van der Waals surface area (Å²) in [5.74, 6) is -2.45. The van der Waals surface area contributed by atoms with Crippen molar-refractivity contribution in [2.45, 2.75) is 0 Å². The third kappa shape index (κ3) is 2.89. The molecule has 0 saturated heterocycles. The number of hydrogen-bond acceptors (Lipinski definition) is 5. The Balaban J connectivity index is 1.99. The van der Waals surface area contributed by atoms with Crippen molar-refractivity contribution in [2.24, 2.45) is 0 Å². The van der Waals surface area contributed by atoms with E-state index in [2.05, 4.69) is 4.98 Å². The second-order valence-electron chi connectivity index (χ2n) is 5.11. The number of benzene rings is 2. The summed E-state index contributed by atoms with van der Waals surface area (Å²) >= 11 is 0. The average molecular weight is 325 g/mol. The Bertz CT molecular complexity index is 940. The van der Waals surface area contributed by atoms with Crippen molar-refractivity contribution in [3.63, 3.8) is 0 Å². The van der Waals surface area contributed by atoms with Gasteiger partial charge in [0.15, 0.2) is 23.1 Å². The minimum Gasteiger partial charge on any atom is -0.505 e. The van der Waals surface area contributed by atoms with Gasteiger partial charge in [0, 0.05) is 11.1 Å². The van der Waals surface area contributed by atoms with E-state index in [-0.39, 0.29) is 22.8 Å². The second-order valence-corrected chi connectivity index (χ2v) is 5.11. The van der Waals surface area contributed by atoms with Gasteiger partial charge in [0.2, 0.25) is 5.78 Å². The molecule has 0 aliphatic rings. The summed E-state index contributed by atoms with van der Waals surface area (Å²) in [5, 5.41) is 28.3. The van der Waals surface area contributed by atoms with Crippen LogP contribution in [-0.2, 0) is 0 Å². The standard InChI is InChI=1S/C18H12FNO4/c19-12-6-4-11(9-16(12)22)18(24)14-3-1-2-13(20-14)10-5-7-15(21)17(23)8-10/h1-9,21-23H. The maximum atomic E-state index is 13.1. The number of aromatic hydroxyl groups is 3. The van der Waals surface area contributed by atoms with Gasteiger partial charge in [-0.3, -0.25) is 4.79 Å². The van der Waals surface area contributed by atoms with E-state index in [9.17, 15) is 24.5 Å². The number of carbonyl (C=O) groups excluding carboxylic acids is 1. The maximum Gasteiger partial charge on any atom is 0.211 e. The molecule has 0 aliphatic carbocycles. The fraction of sp³-hybridized carbons (Fsp3) is 0. The van der Waals surface area contributed by atoms with Crippen molar-refractivity contribution in [3.05, 3.63) is 71.7 Å². The van der Waals surface area contributed by atoms with E-state index < -0.39 is 17.3 Å². The molecule has 120 valence electrons. The molecule has 3 aromatic rings. The van der Waals surface area contributed by atoms with Gasteiger partial charge in [0.05, 0.1) is 5.69 Å². The molecule has 0 spiro atoms. The van der Waals surface area contributed by atoms with Crippen LogP contribution in [0.5, 0.6) is 17.2 Å². The van der Waals surface area contributed by atoms with Crippen molar-refractivity contribution in [1.82, 2.24) is 4.98 Å². The lowest BCUT2D eigenvalue weighted by Crippen LogP contribution is -2.04. The molecule has 5 nitrogen and oxygen atoms in total. The summed E-state index contributed by atoms with van der Waals surface area (Å²) in [7, 11) is 0. The van der Waals surface area contributed by atoms with Gasteiger partial charge in [0.25, 0.3) is 0 Å². The summed E-state index contributed by atoms with van der Waals surface area (Å²) in [4.78, 5) is 16.7. The van der Waals surface area contributed by atoms with E-state index in [1.807, 2.05) is 0 Å². The Labute approximate surface area is 136 Å². The number of carbonyl (C=O) groups is 1. The molecule has 6 heteroatoms. The van der Waals surface area contributed by atoms with Crippen LogP contribution in [-0.4, -0.2) is 26.1 Å². The zero-order valence-corrected chi connectivity index (χ0v) is 12.3. The number of aromatic nitrogens is 1. The topological polar surface area (TPSA) is 90.7 Å². The lowest BCUT2D eigenvalue weighted by Gasteiger charge is -2.06. The van der Waals surface area contributed by atoms with Crippen molar-refractivity contribution in [2.75, 3.05) is 0 Å². The van der Waals surface area contributed by atoms with Crippen molar-refractivity contribution in [3.8, 4) is 28.5 Å². The van der Waals surface area contributed by atoms with Gasteiger partial charge in [-0.15, -0.1) is 0 Å². The third-order valence-electron chi connectivity index (χ3n) is 3.46. The molecule has 0 bridgehead atoms. The van der Waals surface area contributed by atoms with Crippen LogP contribution in [0, 0.1) is 5.82 Å². The Kier molecular flexibility index (Phi) is 3.87. The summed E-state index contributed by atoms with van der Waals surface area (Å²) < 4.78 is 13.1. The molecule has 0 fully saturated rings. The van der Waals surface area contributed by atoms with Crippen molar-refractivity contribution >= 4 is 5.78 Å². The highest BCUT2D eigenvalue weighted by atomic mass is 19.1. The molecular weight excluding hydrogens is 313 g/mol. The van der Waals surface area contributed by atoms with E-state index in [1.165, 1.54) is 24.3 Å². The number of phenols is 3. The van der Waals surface area contributed by atoms with Crippen LogP contribution in [0.15, 0.2) is 54.6 Å². The van der Waals surface area contributed by atoms with Crippen molar-refractivity contribution in [1.29, 1.82) is 0 Å². The number of halogens is 1. The minimum atomic E-state index is -0.812. The van der Waals surface area contributed by atoms with Gasteiger partial charge in [0.1, 0.15) is 5.69 Å². The molecule has 0 aliphatic heterocycles. The predicted octanol–water partition coefficient (Wildman–Crippen LogP) is 3.24. The number of ketones is 1. The number of nitrogens with zero attached hydrogens (tertiary/aromatic N) is 1. The number of rotatable bonds is 3. The van der Waals surface area contributed by atoms with Crippen LogP contribution in [0.25, 0.3) is 11.3 Å². The number of hydrogen-bond donors (Lipinski definition) is 3. The highest BCUT2D eigenvalue weighted by Crippen LogP contribution is 2.30. The van der Waals surface area contributed by atoms with E-state index >= 15 is 0 Å². The van der Waals surface area contributed by atoms with Gasteiger partial charge in [-0.25, -0.2) is 9.37 Å². The number of phenolic OH excluding ortho intramolecular Hbond substituents is 3. The van der Waals surface area contributed by atoms with Crippen LogP contribution in [0.3, 0.4) is 0 Å². The van der Waals surface area contributed by atoms with Gasteiger partial charge in [-0.1, -0.05) is 6.07 Å². The summed E-state index contributed by atoms with van der Waals surface area (Å²) in [6, 6.07) is 12.3. The Morgan fingerprint density at radius 3 is 2.38 bits per heavy atom. The molecule has 0 radical (unpaired) electrons. The largest absolute Gasteiger partial charge is 0.505 e. The van der Waals surface area contributed by atoms with Crippen LogP contribution < -0.4 is 0 Å². The van der Waals surface area contributed by atoms with E-state index in [1.54, 1.807) is 18.2 Å². The van der Waals surface area contributed by atoms with Gasteiger partial charge in [-0.05, 0) is 48.5 Å². The van der Waals surface area contributed by atoms with Gasteiger partial charge in [-0.2, -0.15) is 0 Å². The van der Waals surface area contributed by atoms with Crippen LogP contribution in [0.4, 0.5) is 4.39 Å². The highest BCUT2D eigenvalue weighted by Gasteiger charge is 2.14. The fourth-order valence-electron chi connectivity index (χ4n) is 2.21. The Morgan fingerprint density at radius 1 is 0.875 bits per heavy atom. The first-order chi connectivity index (χ1) is 11.5. The first-order valence-electron chi connectivity index (χ1n) is 6.98. The summed E-state index contributed by atoms with van der Waals surface area (Å²) in [6.07, 6.45) is 0. The van der Waals surface area contributed by atoms with Crippen LogP contribution in [0.2, 0.25) is 0 Å². The average Bonchev–Trinajstić information content (AvgIpc) is 2.59. The molecule has 1 heterocycles. The zero-order chi connectivity index (χ0) is 17.3. The zero-order valence-electron chi connectivity index (χ0n) is 12.3. The normalized spacial score (nSPS) is 10.5. The first-order valence-corrected chi connectivity index (χ1v) is 6.98. The summed E-state index contributed by atoms with van der Waals surface area (Å²) in [5.41, 5.74) is 1.14. The highest BCUT2D eigenvalue weighted by molar-refractivity contribution is 6.08. The van der Waals surface area contributed by atoms with Crippen molar-refractivity contribution < 1.29 is 24.5 Å². The van der Waals surface area contributed by atoms with E-state index in [4.69, 9.17) is 0 Å². The van der Waals surface area contributed by atoms with E-state index in [0.717, 1.165) is 12.1 Å². The van der Waals surface area contributed by atoms with Crippen LogP contribution in [0.1, 0.15) is 16.1 Å². The lowest BCUT2D eigenvalue weighted by atomic mass is 10.1. The molecule has 0 saturated carbocycles. The monoisotopic (exact) mass is 325 g/mol. The fourth-order valence-corrected chi connectivity index (χ4v) is 2.21. The molecule has 3 N–H and O–H groups in total. The van der Waals surface area contributed by atoms with E-state index in [0.29, 0.717) is 11.3 Å². The SMILES string of the molecule is O=C(c1ccc(F)c(O)c1)c1cccc(-c2ccc(O)c(O)c2)n1. The Morgan fingerprint density at radius 2 is 1.67 bits per heavy atom. The Hall–Kier alpha value is -3.41. The molecule has 1 aromatic heterocycles. The van der Waals surface area contributed by atoms with Gasteiger partial charge >= 0.3 is 0 Å². The molecule has 3 rings (SSSR count). The second kappa shape index (κ2) is 6.00. The molecule has 0 atom stereocenters. The molecule has 2 aromatic carbocycles. The first kappa shape index (κ1) is 15.5. The predicted molar refractivity (Wildman–Crippen MR) is 84.5 cm³/mol. The minimum absolute atomic E-state index is 0.103. The quantitative estimate of drug-likeness (QED) is 0.508. The third-order valence-corrected chi connectivity index (χ3v) is 3.46. The van der Waals surface area contributed by atoms with Gasteiger partial charge < -0.3 is 15.3 Å². The van der Waals surface area contributed by atoms with Crippen LogP contribution >= 0.6 is 0 Å². The molecule has 0 amide bonds. The number of pyridine rings is 1. The lowest BCUT2D eigenvalue weighted by molar-refractivity contribution is 0.103. The maximum absolute atomic E-state index is 13.1.